The number of allylic oxidation sites excluding steroid dienone is 1. The molecule has 0 saturated carbocycles. The van der Waals surface area contributed by atoms with E-state index in [2.05, 4.69) is 11.5 Å². The lowest BCUT2D eigenvalue weighted by Crippen LogP contribution is -1.95. The van der Waals surface area contributed by atoms with Gasteiger partial charge in [-0.15, -0.1) is 6.58 Å². The lowest BCUT2D eigenvalue weighted by molar-refractivity contribution is -0.233. The highest BCUT2D eigenvalue weighted by Crippen LogP contribution is 1.75. The average Bonchev–Trinajstić information content (AvgIpc) is 1.88. The Bertz CT molecular complexity index is 72.4. The number of hydrogen-bond donors (Lipinski definition) is 1. The van der Waals surface area contributed by atoms with Crippen LogP contribution in [0.15, 0.2) is 12.7 Å². The van der Waals surface area contributed by atoms with E-state index in [0.29, 0.717) is 0 Å². The van der Waals surface area contributed by atoms with Gasteiger partial charge in [-0.05, 0) is 6.92 Å². The van der Waals surface area contributed by atoms with Crippen LogP contribution in [0.25, 0.3) is 0 Å². The van der Waals surface area contributed by atoms with E-state index in [1.54, 1.807) is 13.0 Å². The molecule has 0 heterocycles. The van der Waals surface area contributed by atoms with Crippen molar-refractivity contribution in [2.24, 2.45) is 0 Å². The van der Waals surface area contributed by atoms with Gasteiger partial charge in [-0.3, -0.25) is 0 Å². The first-order chi connectivity index (χ1) is 4.22. The number of hydrogen-bond acceptors (Lipinski definition) is 3. The lowest BCUT2D eigenvalue weighted by atomic mass is 10.5. The maximum atomic E-state index is 9.71. The quantitative estimate of drug-likeness (QED) is 0.335. The van der Waals surface area contributed by atoms with Gasteiger partial charge in [-0.25, -0.2) is 4.79 Å². The van der Waals surface area contributed by atoms with Gasteiger partial charge in [-0.1, -0.05) is 13.0 Å². The molecule has 0 aliphatic heterocycles. The Balaban J connectivity index is 0. The van der Waals surface area contributed by atoms with Crippen LogP contribution < -0.4 is 0 Å². The molecule has 0 aliphatic carbocycles. The molecule has 0 aromatic carbocycles. The lowest BCUT2D eigenvalue weighted by Gasteiger charge is -1.83. The zero-order chi connectivity index (χ0) is 7.70. The normalized spacial score (nSPS) is 6.56. The molecule has 0 unspecified atom stereocenters. The summed E-state index contributed by atoms with van der Waals surface area (Å²) >= 11 is 0. The van der Waals surface area contributed by atoms with Gasteiger partial charge < -0.3 is 4.89 Å². The summed E-state index contributed by atoms with van der Waals surface area (Å²) in [5.41, 5.74) is 0. The molecular weight excluding hydrogens is 120 g/mol. The largest absolute Gasteiger partial charge is 0.341 e. The maximum absolute atomic E-state index is 9.71. The second-order valence-electron chi connectivity index (χ2n) is 1.23. The monoisotopic (exact) mass is 132 g/mol. The molecule has 0 aliphatic rings. The Morgan fingerprint density at radius 1 is 1.89 bits per heavy atom. The van der Waals surface area contributed by atoms with Crippen LogP contribution in [0.1, 0.15) is 20.3 Å². The number of carbonyl (C=O) groups excluding carboxylic acids is 1. The zero-order valence-corrected chi connectivity index (χ0v) is 5.76. The van der Waals surface area contributed by atoms with Gasteiger partial charge in [0.25, 0.3) is 0 Å². The standard InChI is InChI=1S/C3H6O3.C3H6/c1-2-3(4)6-5;1-3-2/h5H,2H2,1H3;3H,1H2,2H3. The van der Waals surface area contributed by atoms with Crippen molar-refractivity contribution in [3.05, 3.63) is 12.7 Å². The molecule has 54 valence electrons. The third kappa shape index (κ3) is 19.1. The van der Waals surface area contributed by atoms with E-state index in [0.717, 1.165) is 0 Å². The minimum Gasteiger partial charge on any atom is -0.301 e. The Morgan fingerprint density at radius 3 is 2.22 bits per heavy atom. The van der Waals surface area contributed by atoms with E-state index >= 15 is 0 Å². The summed E-state index contributed by atoms with van der Waals surface area (Å²) in [5.74, 6) is -0.602. The van der Waals surface area contributed by atoms with Gasteiger partial charge >= 0.3 is 5.97 Å². The Labute approximate surface area is 54.9 Å². The first-order valence-electron chi connectivity index (χ1n) is 2.64. The molecular formula is C6H12O3. The SMILES string of the molecule is C=CC.CCC(=O)OO. The van der Waals surface area contributed by atoms with E-state index in [4.69, 9.17) is 5.26 Å². The van der Waals surface area contributed by atoms with Crippen molar-refractivity contribution in [2.75, 3.05) is 0 Å². The third-order valence-electron chi connectivity index (χ3n) is 0.390. The van der Waals surface area contributed by atoms with Gasteiger partial charge in [0.15, 0.2) is 0 Å². The third-order valence-corrected chi connectivity index (χ3v) is 0.390. The molecule has 0 spiro atoms. The van der Waals surface area contributed by atoms with Crippen LogP contribution >= 0.6 is 0 Å². The van der Waals surface area contributed by atoms with Crippen LogP contribution in [0, 0.1) is 0 Å². The predicted molar refractivity (Wildman–Crippen MR) is 34.9 cm³/mol. The highest BCUT2D eigenvalue weighted by atomic mass is 17.1. The van der Waals surface area contributed by atoms with Crippen molar-refractivity contribution in [1.29, 1.82) is 0 Å². The molecule has 0 aromatic heterocycles. The molecule has 0 aromatic rings. The van der Waals surface area contributed by atoms with Crippen LogP contribution in [-0.2, 0) is 9.68 Å². The molecule has 9 heavy (non-hydrogen) atoms. The van der Waals surface area contributed by atoms with Crippen molar-refractivity contribution < 1.29 is 14.9 Å². The fourth-order valence-electron chi connectivity index (χ4n) is 0.0645. The molecule has 0 radical (unpaired) electrons. The summed E-state index contributed by atoms with van der Waals surface area (Å²) < 4.78 is 0. The minimum atomic E-state index is -0.602. The van der Waals surface area contributed by atoms with Crippen molar-refractivity contribution in [2.45, 2.75) is 20.3 Å². The fourth-order valence-corrected chi connectivity index (χ4v) is 0.0645. The smallest absolute Gasteiger partial charge is 0.301 e. The molecule has 0 fully saturated rings. The molecule has 0 bridgehead atoms. The van der Waals surface area contributed by atoms with E-state index in [1.165, 1.54) is 0 Å². The van der Waals surface area contributed by atoms with E-state index in [1.807, 2.05) is 6.92 Å². The van der Waals surface area contributed by atoms with E-state index in [9.17, 15) is 4.79 Å². The van der Waals surface area contributed by atoms with Crippen molar-refractivity contribution in [1.82, 2.24) is 0 Å². The molecule has 3 nitrogen and oxygen atoms in total. The Hall–Kier alpha value is -0.830. The highest BCUT2D eigenvalue weighted by molar-refractivity contribution is 5.67. The van der Waals surface area contributed by atoms with Crippen LogP contribution in [0.4, 0.5) is 0 Å². The average molecular weight is 132 g/mol. The van der Waals surface area contributed by atoms with Gasteiger partial charge in [0.05, 0.1) is 0 Å². The van der Waals surface area contributed by atoms with Crippen molar-refractivity contribution >= 4 is 5.97 Å². The molecule has 1 N–H and O–H groups in total. The minimum absolute atomic E-state index is 0.219. The van der Waals surface area contributed by atoms with Gasteiger partial charge in [-0.2, -0.15) is 5.26 Å². The Kier molecular flexibility index (Phi) is 12.5. The van der Waals surface area contributed by atoms with Crippen LogP contribution in [-0.4, -0.2) is 11.2 Å². The summed E-state index contributed by atoms with van der Waals surface area (Å²) in [6.07, 6.45) is 1.97. The summed E-state index contributed by atoms with van der Waals surface area (Å²) in [5, 5.41) is 7.49. The van der Waals surface area contributed by atoms with Gasteiger partial charge in [0.1, 0.15) is 0 Å². The summed E-state index contributed by atoms with van der Waals surface area (Å²) in [6, 6.07) is 0. The van der Waals surface area contributed by atoms with Crippen molar-refractivity contribution in [3.63, 3.8) is 0 Å². The zero-order valence-electron chi connectivity index (χ0n) is 5.76. The Morgan fingerprint density at radius 2 is 2.22 bits per heavy atom. The molecule has 3 heteroatoms. The van der Waals surface area contributed by atoms with Gasteiger partial charge in [0, 0.05) is 6.42 Å². The number of rotatable bonds is 1. The highest BCUT2D eigenvalue weighted by Gasteiger charge is 1.90. The summed E-state index contributed by atoms with van der Waals surface area (Å²) in [6.45, 7) is 6.85. The van der Waals surface area contributed by atoms with E-state index in [-0.39, 0.29) is 6.42 Å². The summed E-state index contributed by atoms with van der Waals surface area (Å²) in [7, 11) is 0. The second kappa shape index (κ2) is 10.2. The van der Waals surface area contributed by atoms with Gasteiger partial charge in [0.2, 0.25) is 0 Å². The molecule has 0 atom stereocenters. The molecule has 0 amide bonds. The fraction of sp³-hybridized carbons (Fsp3) is 0.500. The van der Waals surface area contributed by atoms with E-state index < -0.39 is 5.97 Å². The molecule has 0 rings (SSSR count). The maximum Gasteiger partial charge on any atom is 0.341 e. The first-order valence-corrected chi connectivity index (χ1v) is 2.64. The number of carbonyl (C=O) groups is 1. The summed E-state index contributed by atoms with van der Waals surface area (Å²) in [4.78, 5) is 13.0. The van der Waals surface area contributed by atoms with Crippen LogP contribution in [0.3, 0.4) is 0 Å². The second-order valence-corrected chi connectivity index (χ2v) is 1.23. The topological polar surface area (TPSA) is 46.5 Å². The molecule has 0 saturated heterocycles. The van der Waals surface area contributed by atoms with Crippen LogP contribution in [0.2, 0.25) is 0 Å². The first kappa shape index (κ1) is 11.0. The predicted octanol–water partition coefficient (Wildman–Crippen LogP) is 1.60. The van der Waals surface area contributed by atoms with Crippen LogP contribution in [0.5, 0.6) is 0 Å². The van der Waals surface area contributed by atoms with Crippen molar-refractivity contribution in [3.8, 4) is 0 Å².